The fourth-order valence-corrected chi connectivity index (χ4v) is 1.69. The van der Waals surface area contributed by atoms with Gasteiger partial charge in [0, 0.05) is 6.61 Å². The Hall–Kier alpha value is -0.0400. The van der Waals surface area contributed by atoms with Gasteiger partial charge in [0.05, 0.1) is 0 Å². The highest BCUT2D eigenvalue weighted by Crippen LogP contribution is 2.14. The topological polar surface area (TPSA) is 20.2 Å². The van der Waals surface area contributed by atoms with Crippen molar-refractivity contribution in [2.45, 2.75) is 71.6 Å². The van der Waals surface area contributed by atoms with Crippen LogP contribution in [0.5, 0.6) is 0 Å². The lowest BCUT2D eigenvalue weighted by molar-refractivity contribution is 0.282. The van der Waals surface area contributed by atoms with E-state index in [1.54, 1.807) is 0 Å². The smallest absolute Gasteiger partial charge is 0.0431 e. The lowest BCUT2D eigenvalue weighted by atomic mass is 10.00. The van der Waals surface area contributed by atoms with E-state index < -0.39 is 0 Å². The molecular formula is C13H28O. The summed E-state index contributed by atoms with van der Waals surface area (Å²) in [5.41, 5.74) is 0. The second-order valence-electron chi connectivity index (χ2n) is 4.50. The van der Waals surface area contributed by atoms with Gasteiger partial charge in [0.15, 0.2) is 0 Å². The normalized spacial score (nSPS) is 13.1. The summed E-state index contributed by atoms with van der Waals surface area (Å²) < 4.78 is 0. The molecule has 1 unspecified atom stereocenters. The van der Waals surface area contributed by atoms with Crippen LogP contribution in [0.2, 0.25) is 0 Å². The first kappa shape index (κ1) is 14.0. The summed E-state index contributed by atoms with van der Waals surface area (Å²) in [7, 11) is 0. The zero-order valence-corrected chi connectivity index (χ0v) is 10.1. The van der Waals surface area contributed by atoms with Crippen molar-refractivity contribution in [2.24, 2.45) is 5.92 Å². The highest BCUT2D eigenvalue weighted by Gasteiger charge is 1.97. The van der Waals surface area contributed by atoms with E-state index in [0.29, 0.717) is 6.61 Å². The number of aliphatic hydroxyl groups is 1. The molecule has 0 aromatic rings. The minimum absolute atomic E-state index is 0.369. The van der Waals surface area contributed by atoms with E-state index in [2.05, 4.69) is 13.8 Å². The van der Waals surface area contributed by atoms with Crippen molar-refractivity contribution in [2.75, 3.05) is 6.61 Å². The molecule has 0 amide bonds. The highest BCUT2D eigenvalue weighted by atomic mass is 16.2. The molecule has 0 aromatic heterocycles. The largest absolute Gasteiger partial charge is 0.396 e. The van der Waals surface area contributed by atoms with Gasteiger partial charge < -0.3 is 5.11 Å². The van der Waals surface area contributed by atoms with Crippen LogP contribution in [0.25, 0.3) is 0 Å². The first-order chi connectivity index (χ1) is 6.81. The van der Waals surface area contributed by atoms with Gasteiger partial charge in [-0.15, -0.1) is 0 Å². The van der Waals surface area contributed by atoms with Gasteiger partial charge in [-0.1, -0.05) is 65.2 Å². The molecule has 86 valence electrons. The van der Waals surface area contributed by atoms with Gasteiger partial charge in [-0.05, 0) is 12.3 Å². The molecule has 1 N–H and O–H groups in total. The van der Waals surface area contributed by atoms with Gasteiger partial charge in [0.2, 0.25) is 0 Å². The van der Waals surface area contributed by atoms with Crippen molar-refractivity contribution in [3.05, 3.63) is 0 Å². The number of aliphatic hydroxyl groups excluding tert-OH is 1. The Balaban J connectivity index is 2.92. The van der Waals surface area contributed by atoms with Crippen LogP contribution in [0, 0.1) is 5.92 Å². The van der Waals surface area contributed by atoms with E-state index in [-0.39, 0.29) is 0 Å². The Labute approximate surface area is 89.9 Å². The fraction of sp³-hybridized carbons (Fsp3) is 1.00. The second kappa shape index (κ2) is 11.0. The van der Waals surface area contributed by atoms with Gasteiger partial charge in [-0.2, -0.15) is 0 Å². The van der Waals surface area contributed by atoms with Crippen LogP contribution in [0.4, 0.5) is 0 Å². The van der Waals surface area contributed by atoms with Gasteiger partial charge >= 0.3 is 0 Å². The van der Waals surface area contributed by atoms with Crippen molar-refractivity contribution < 1.29 is 5.11 Å². The zero-order chi connectivity index (χ0) is 10.6. The van der Waals surface area contributed by atoms with E-state index in [1.807, 2.05) is 0 Å². The molecule has 1 heteroatoms. The maximum atomic E-state index is 8.60. The molecule has 1 atom stereocenters. The third-order valence-corrected chi connectivity index (χ3v) is 3.05. The molecule has 0 aliphatic rings. The maximum absolute atomic E-state index is 8.60. The van der Waals surface area contributed by atoms with Crippen molar-refractivity contribution in [1.29, 1.82) is 0 Å². The van der Waals surface area contributed by atoms with E-state index in [0.717, 1.165) is 12.3 Å². The number of hydrogen-bond acceptors (Lipinski definition) is 1. The van der Waals surface area contributed by atoms with E-state index in [9.17, 15) is 0 Å². The first-order valence-corrected chi connectivity index (χ1v) is 6.42. The first-order valence-electron chi connectivity index (χ1n) is 6.42. The highest BCUT2D eigenvalue weighted by molar-refractivity contribution is 4.51. The predicted octanol–water partition coefficient (Wildman–Crippen LogP) is 4.15. The van der Waals surface area contributed by atoms with Crippen LogP contribution in [-0.2, 0) is 0 Å². The molecule has 0 fully saturated rings. The molecule has 0 aliphatic heterocycles. The summed E-state index contributed by atoms with van der Waals surface area (Å²) in [6.45, 7) is 4.99. The predicted molar refractivity (Wildman–Crippen MR) is 63.5 cm³/mol. The number of unbranched alkanes of at least 4 members (excludes halogenated alkanes) is 6. The average Bonchev–Trinajstić information content (AvgIpc) is 2.21. The second-order valence-corrected chi connectivity index (χ2v) is 4.50. The van der Waals surface area contributed by atoms with Gasteiger partial charge in [-0.3, -0.25) is 0 Å². The van der Waals surface area contributed by atoms with E-state index >= 15 is 0 Å². The quantitative estimate of drug-likeness (QED) is 0.525. The molecule has 0 saturated heterocycles. The third-order valence-electron chi connectivity index (χ3n) is 3.05. The van der Waals surface area contributed by atoms with Gasteiger partial charge in [-0.25, -0.2) is 0 Å². The monoisotopic (exact) mass is 200 g/mol. The molecule has 0 spiro atoms. The molecule has 1 nitrogen and oxygen atoms in total. The fourth-order valence-electron chi connectivity index (χ4n) is 1.69. The van der Waals surface area contributed by atoms with Crippen LogP contribution in [0.1, 0.15) is 71.6 Å². The molecule has 0 aromatic carbocycles. The van der Waals surface area contributed by atoms with Crippen molar-refractivity contribution in [3.63, 3.8) is 0 Å². The number of hydrogen-bond donors (Lipinski definition) is 1. The molecule has 14 heavy (non-hydrogen) atoms. The van der Waals surface area contributed by atoms with Crippen LogP contribution >= 0.6 is 0 Å². The minimum Gasteiger partial charge on any atom is -0.396 e. The van der Waals surface area contributed by atoms with E-state index in [1.165, 1.54) is 51.4 Å². The maximum Gasteiger partial charge on any atom is 0.0431 e. The van der Waals surface area contributed by atoms with Crippen molar-refractivity contribution >= 4 is 0 Å². The van der Waals surface area contributed by atoms with Crippen LogP contribution < -0.4 is 0 Å². The Morgan fingerprint density at radius 3 is 1.86 bits per heavy atom. The van der Waals surface area contributed by atoms with Crippen LogP contribution in [-0.4, -0.2) is 11.7 Å². The summed E-state index contributed by atoms with van der Waals surface area (Å²) in [6, 6.07) is 0. The zero-order valence-electron chi connectivity index (χ0n) is 10.1. The Morgan fingerprint density at radius 2 is 1.36 bits per heavy atom. The molecule has 0 saturated carbocycles. The van der Waals surface area contributed by atoms with Gasteiger partial charge in [0.25, 0.3) is 0 Å². The molecular weight excluding hydrogens is 172 g/mol. The minimum atomic E-state index is 0.369. The molecule has 0 radical (unpaired) electrons. The van der Waals surface area contributed by atoms with E-state index in [4.69, 9.17) is 5.11 Å². The van der Waals surface area contributed by atoms with Crippen molar-refractivity contribution in [3.8, 4) is 0 Å². The average molecular weight is 200 g/mol. The molecule has 0 aliphatic carbocycles. The molecule has 0 bridgehead atoms. The van der Waals surface area contributed by atoms with Crippen molar-refractivity contribution in [1.82, 2.24) is 0 Å². The summed E-state index contributed by atoms with van der Waals surface area (Å²) in [6.07, 6.45) is 11.8. The van der Waals surface area contributed by atoms with Crippen LogP contribution in [0.3, 0.4) is 0 Å². The lowest BCUT2D eigenvalue weighted by Crippen LogP contribution is -1.91. The summed E-state index contributed by atoms with van der Waals surface area (Å²) >= 11 is 0. The summed E-state index contributed by atoms with van der Waals surface area (Å²) in [5.74, 6) is 0.921. The summed E-state index contributed by atoms with van der Waals surface area (Å²) in [5, 5.41) is 8.60. The molecule has 0 heterocycles. The van der Waals surface area contributed by atoms with Gasteiger partial charge in [0.1, 0.15) is 0 Å². The number of rotatable bonds is 10. The summed E-state index contributed by atoms with van der Waals surface area (Å²) in [4.78, 5) is 0. The molecule has 0 rings (SSSR count). The lowest BCUT2D eigenvalue weighted by Gasteiger charge is -2.07. The van der Waals surface area contributed by atoms with Crippen LogP contribution in [0.15, 0.2) is 0 Å². The third kappa shape index (κ3) is 10.0. The SMILES string of the molecule is CCC(C)CCCCCCCCCO. The Kier molecular flexibility index (Phi) is 11.0. The Morgan fingerprint density at radius 1 is 0.857 bits per heavy atom. The standard InChI is InChI=1S/C13H28O/c1-3-13(2)11-9-7-5-4-6-8-10-12-14/h13-14H,3-12H2,1-2H3. The Bertz CT molecular complexity index is 101.